The van der Waals surface area contributed by atoms with Gasteiger partial charge in [-0.1, -0.05) is 18.3 Å². The van der Waals surface area contributed by atoms with Crippen molar-refractivity contribution in [1.82, 2.24) is 15.0 Å². The van der Waals surface area contributed by atoms with Crippen molar-refractivity contribution in [2.24, 2.45) is 0 Å². The second-order valence-electron chi connectivity index (χ2n) is 2.87. The highest BCUT2D eigenvalue weighted by Crippen LogP contribution is 2.13. The van der Waals surface area contributed by atoms with Crippen molar-refractivity contribution >= 4 is 11.8 Å². The maximum absolute atomic E-state index is 5.02. The van der Waals surface area contributed by atoms with E-state index < -0.39 is 0 Å². The van der Waals surface area contributed by atoms with Gasteiger partial charge >= 0.3 is 0 Å². The van der Waals surface area contributed by atoms with Crippen molar-refractivity contribution < 1.29 is 4.74 Å². The van der Waals surface area contributed by atoms with Gasteiger partial charge in [-0.05, 0) is 19.3 Å². The van der Waals surface area contributed by atoms with Crippen LogP contribution in [0, 0.1) is 0 Å². The van der Waals surface area contributed by atoms with E-state index in [1.807, 2.05) is 0 Å². The zero-order valence-electron chi connectivity index (χ0n) is 8.63. The normalized spacial score (nSPS) is 9.87. The Hall–Kier alpha value is -1.10. The van der Waals surface area contributed by atoms with Crippen LogP contribution in [0.2, 0.25) is 0 Å². The fourth-order valence-electron chi connectivity index (χ4n) is 1.01. The second-order valence-corrected chi connectivity index (χ2v) is 3.93. The summed E-state index contributed by atoms with van der Waals surface area (Å²) in [6.07, 6.45) is 7.91. The number of thioether (sulfide) groups is 1. The zero-order chi connectivity index (χ0) is 10.8. The molecule has 0 aliphatic carbocycles. The van der Waals surface area contributed by atoms with Gasteiger partial charge in [0.2, 0.25) is 0 Å². The van der Waals surface area contributed by atoms with Crippen molar-refractivity contribution in [3.63, 3.8) is 0 Å². The van der Waals surface area contributed by atoms with Gasteiger partial charge in [0, 0.05) is 5.75 Å². The molecule has 4 nitrogen and oxygen atoms in total. The molecule has 0 atom stereocenters. The number of ether oxygens (including phenoxy) is 1. The van der Waals surface area contributed by atoms with Crippen LogP contribution in [-0.4, -0.2) is 27.3 Å². The molecule has 0 aromatic carbocycles. The molecule has 0 unspecified atom stereocenters. The third kappa shape index (κ3) is 6.06. The summed E-state index contributed by atoms with van der Waals surface area (Å²) in [5, 5.41) is 0.798. The Kier molecular flexibility index (Phi) is 6.57. The van der Waals surface area contributed by atoms with E-state index in [0.717, 1.165) is 36.8 Å². The van der Waals surface area contributed by atoms with Gasteiger partial charge in [-0.2, -0.15) is 0 Å². The lowest BCUT2D eigenvalue weighted by atomic mass is 10.3. The number of unbranched alkanes of at least 4 members (excludes halogenated alkanes) is 2. The van der Waals surface area contributed by atoms with Crippen LogP contribution in [0.4, 0.5) is 0 Å². The van der Waals surface area contributed by atoms with Gasteiger partial charge in [0.05, 0.1) is 12.9 Å². The van der Waals surface area contributed by atoms with Crippen molar-refractivity contribution in [2.75, 3.05) is 12.4 Å². The Morgan fingerprint density at radius 1 is 1.27 bits per heavy atom. The molecule has 15 heavy (non-hydrogen) atoms. The summed E-state index contributed by atoms with van der Waals surface area (Å²) in [5.41, 5.74) is 0. The molecule has 0 spiro atoms. The van der Waals surface area contributed by atoms with Gasteiger partial charge in [-0.25, -0.2) is 15.0 Å². The fraction of sp³-hybridized carbons (Fsp3) is 0.500. The fourth-order valence-corrected chi connectivity index (χ4v) is 1.79. The van der Waals surface area contributed by atoms with E-state index in [1.165, 1.54) is 18.9 Å². The number of hydrogen-bond acceptors (Lipinski definition) is 5. The largest absolute Gasteiger partial charge is 0.502 e. The third-order valence-corrected chi connectivity index (χ3v) is 2.69. The first-order valence-electron chi connectivity index (χ1n) is 4.91. The molecule has 0 radical (unpaired) electrons. The van der Waals surface area contributed by atoms with Crippen molar-refractivity contribution in [3.8, 4) is 0 Å². The molecule has 0 amide bonds. The van der Waals surface area contributed by atoms with E-state index in [2.05, 4.69) is 21.5 Å². The highest BCUT2D eigenvalue weighted by molar-refractivity contribution is 7.99. The Labute approximate surface area is 94.2 Å². The van der Waals surface area contributed by atoms with Gasteiger partial charge in [-0.3, -0.25) is 0 Å². The van der Waals surface area contributed by atoms with Crippen LogP contribution in [0.3, 0.4) is 0 Å². The summed E-state index contributed by atoms with van der Waals surface area (Å²) in [6, 6.07) is 0. The van der Waals surface area contributed by atoms with Gasteiger partial charge in [-0.15, -0.1) is 0 Å². The Morgan fingerprint density at radius 2 is 2.07 bits per heavy atom. The molecule has 0 bridgehead atoms. The number of nitrogens with zero attached hydrogens (tertiary/aromatic N) is 3. The summed E-state index contributed by atoms with van der Waals surface area (Å²) < 4.78 is 5.02. The van der Waals surface area contributed by atoms with E-state index in [0.29, 0.717) is 0 Å². The van der Waals surface area contributed by atoms with Crippen LogP contribution in [0.1, 0.15) is 19.3 Å². The first-order valence-corrected chi connectivity index (χ1v) is 5.89. The SMILES string of the molecule is C=COCCCCCSc1ncncn1. The number of hydrogen-bond donors (Lipinski definition) is 0. The van der Waals surface area contributed by atoms with Crippen LogP contribution in [0.15, 0.2) is 30.7 Å². The van der Waals surface area contributed by atoms with E-state index >= 15 is 0 Å². The molecule has 0 N–H and O–H groups in total. The highest BCUT2D eigenvalue weighted by atomic mass is 32.2. The first kappa shape index (κ1) is 12.0. The molecular formula is C10H15N3OS. The summed E-state index contributed by atoms with van der Waals surface area (Å²) in [6.45, 7) is 4.25. The Bertz CT molecular complexity index is 269. The lowest BCUT2D eigenvalue weighted by Crippen LogP contribution is -1.90. The van der Waals surface area contributed by atoms with E-state index in [4.69, 9.17) is 4.74 Å². The van der Waals surface area contributed by atoms with E-state index in [-0.39, 0.29) is 0 Å². The van der Waals surface area contributed by atoms with Crippen LogP contribution >= 0.6 is 11.8 Å². The van der Waals surface area contributed by atoms with Crippen LogP contribution in [0.25, 0.3) is 0 Å². The zero-order valence-corrected chi connectivity index (χ0v) is 9.45. The molecule has 82 valence electrons. The Balaban J connectivity index is 1.95. The topological polar surface area (TPSA) is 47.9 Å². The minimum atomic E-state index is 0.764. The molecule has 0 aliphatic rings. The van der Waals surface area contributed by atoms with Crippen molar-refractivity contribution in [1.29, 1.82) is 0 Å². The second kappa shape index (κ2) is 8.23. The van der Waals surface area contributed by atoms with E-state index in [1.54, 1.807) is 11.8 Å². The third-order valence-electron chi connectivity index (χ3n) is 1.73. The smallest absolute Gasteiger partial charge is 0.190 e. The molecule has 0 aliphatic heterocycles. The average Bonchev–Trinajstić information content (AvgIpc) is 2.29. The molecule has 0 fully saturated rings. The van der Waals surface area contributed by atoms with Crippen LogP contribution in [0.5, 0.6) is 0 Å². The quantitative estimate of drug-likeness (QED) is 0.386. The minimum absolute atomic E-state index is 0.764. The van der Waals surface area contributed by atoms with Gasteiger partial charge in [0.15, 0.2) is 5.16 Å². The monoisotopic (exact) mass is 225 g/mol. The molecule has 1 heterocycles. The number of aromatic nitrogens is 3. The number of rotatable bonds is 8. The summed E-state index contributed by atoms with van der Waals surface area (Å²) >= 11 is 1.66. The van der Waals surface area contributed by atoms with Gasteiger partial charge < -0.3 is 4.74 Å². The summed E-state index contributed by atoms with van der Waals surface area (Å²) in [5.74, 6) is 1.04. The molecule has 5 heteroatoms. The average molecular weight is 225 g/mol. The summed E-state index contributed by atoms with van der Waals surface area (Å²) in [7, 11) is 0. The van der Waals surface area contributed by atoms with E-state index in [9.17, 15) is 0 Å². The van der Waals surface area contributed by atoms with Crippen LogP contribution in [-0.2, 0) is 4.74 Å². The molecule has 1 rings (SSSR count). The standard InChI is InChI=1S/C10H15N3OS/c1-2-14-6-4-3-5-7-15-10-12-8-11-9-13-10/h2,8-9H,1,3-7H2. The lowest BCUT2D eigenvalue weighted by Gasteiger charge is -2.00. The molecular weight excluding hydrogens is 210 g/mol. The summed E-state index contributed by atoms with van der Waals surface area (Å²) in [4.78, 5) is 11.8. The van der Waals surface area contributed by atoms with Crippen molar-refractivity contribution in [3.05, 3.63) is 25.5 Å². The predicted molar refractivity (Wildman–Crippen MR) is 60.6 cm³/mol. The molecule has 1 aromatic rings. The minimum Gasteiger partial charge on any atom is -0.502 e. The van der Waals surface area contributed by atoms with Crippen molar-refractivity contribution in [2.45, 2.75) is 24.4 Å². The molecule has 1 aromatic heterocycles. The molecule has 0 saturated carbocycles. The van der Waals surface area contributed by atoms with Gasteiger partial charge in [0.25, 0.3) is 0 Å². The predicted octanol–water partition coefficient (Wildman–Crippen LogP) is 2.29. The van der Waals surface area contributed by atoms with Gasteiger partial charge in [0.1, 0.15) is 12.7 Å². The maximum Gasteiger partial charge on any atom is 0.190 e. The highest BCUT2D eigenvalue weighted by Gasteiger charge is 1.95. The first-order chi connectivity index (χ1) is 7.43. The maximum atomic E-state index is 5.02. The lowest BCUT2D eigenvalue weighted by molar-refractivity contribution is 0.243. The Morgan fingerprint density at radius 3 is 2.80 bits per heavy atom. The van der Waals surface area contributed by atoms with Crippen LogP contribution < -0.4 is 0 Å². The molecule has 0 saturated heterocycles.